The van der Waals surface area contributed by atoms with E-state index in [2.05, 4.69) is 0 Å². The van der Waals surface area contributed by atoms with Gasteiger partial charge < -0.3 is 59.1 Å². The van der Waals surface area contributed by atoms with Gasteiger partial charge in [0.15, 0.2) is 12.6 Å². The van der Waals surface area contributed by atoms with Crippen molar-refractivity contribution in [3.63, 3.8) is 0 Å². The summed E-state index contributed by atoms with van der Waals surface area (Å²) in [5.74, 6) is -1.25. The summed E-state index contributed by atoms with van der Waals surface area (Å²) in [7, 11) is 3.20. The Balaban J connectivity index is 1.14. The molecule has 3 saturated carbocycles. The van der Waals surface area contributed by atoms with Crippen molar-refractivity contribution in [3.05, 3.63) is 11.6 Å². The smallest absolute Gasteiger partial charge is 0.161 e. The van der Waals surface area contributed by atoms with Gasteiger partial charge in [-0.15, -0.1) is 0 Å². The molecule has 270 valence electrons. The van der Waals surface area contributed by atoms with Gasteiger partial charge in [0, 0.05) is 38.4 Å². The predicted molar refractivity (Wildman–Crippen MR) is 168 cm³/mol. The number of methoxy groups -OCH3 is 2. The van der Waals surface area contributed by atoms with E-state index in [1.165, 1.54) is 0 Å². The Morgan fingerprint density at radius 2 is 1.51 bits per heavy atom. The van der Waals surface area contributed by atoms with E-state index < -0.39 is 89.2 Å². The van der Waals surface area contributed by atoms with Crippen molar-refractivity contribution in [1.82, 2.24) is 0 Å². The lowest BCUT2D eigenvalue weighted by atomic mass is 9.42. The Morgan fingerprint density at radius 3 is 2.17 bits per heavy atom. The van der Waals surface area contributed by atoms with Gasteiger partial charge in [0.1, 0.15) is 23.4 Å². The largest absolute Gasteiger partial charge is 0.393 e. The van der Waals surface area contributed by atoms with Crippen LogP contribution in [0.25, 0.3) is 0 Å². The fourth-order valence-electron chi connectivity index (χ4n) is 10.9. The van der Waals surface area contributed by atoms with E-state index in [4.69, 9.17) is 28.4 Å². The predicted octanol–water partition coefficient (Wildman–Crippen LogP) is 1.55. The lowest BCUT2D eigenvalue weighted by Gasteiger charge is -2.68. The summed E-state index contributed by atoms with van der Waals surface area (Å²) < 4.78 is 36.4. The van der Waals surface area contributed by atoms with Gasteiger partial charge in [0.25, 0.3) is 0 Å². The van der Waals surface area contributed by atoms with Crippen molar-refractivity contribution in [2.24, 2.45) is 22.7 Å². The van der Waals surface area contributed by atoms with Gasteiger partial charge in [0.2, 0.25) is 0 Å². The SMILES string of the molecule is COC1CC(OC2C(C)OC(OC3CCC4(C)C(=CCC5(O)C4C(O)C(O)C4(C)C(C(C)O)CCC54O)C3)CC2OC)OC(C)C1O. The van der Waals surface area contributed by atoms with Crippen LogP contribution in [0.3, 0.4) is 0 Å². The molecule has 12 heteroatoms. The van der Waals surface area contributed by atoms with Crippen molar-refractivity contribution in [1.29, 1.82) is 0 Å². The molecule has 0 aromatic carbocycles. The second kappa shape index (κ2) is 12.8. The van der Waals surface area contributed by atoms with Crippen molar-refractivity contribution in [3.8, 4) is 0 Å². The number of aliphatic hydroxyl groups excluding tert-OH is 4. The van der Waals surface area contributed by atoms with Crippen molar-refractivity contribution >= 4 is 0 Å². The minimum Gasteiger partial charge on any atom is -0.393 e. The van der Waals surface area contributed by atoms with Crippen LogP contribution in [0.1, 0.15) is 86.0 Å². The lowest BCUT2D eigenvalue weighted by Crippen LogP contribution is -2.79. The van der Waals surface area contributed by atoms with Crippen LogP contribution in [0.4, 0.5) is 0 Å². The maximum Gasteiger partial charge on any atom is 0.161 e. The molecule has 2 heterocycles. The Morgan fingerprint density at radius 1 is 0.872 bits per heavy atom. The molecule has 47 heavy (non-hydrogen) atoms. The second-order valence-corrected chi connectivity index (χ2v) is 15.9. The molecule has 18 unspecified atom stereocenters. The average Bonchev–Trinajstić information content (AvgIpc) is 3.32. The molecule has 18 atom stereocenters. The molecule has 0 aromatic rings. The van der Waals surface area contributed by atoms with Gasteiger partial charge >= 0.3 is 0 Å². The number of aliphatic hydroxyl groups is 6. The van der Waals surface area contributed by atoms with E-state index in [0.717, 1.165) is 5.57 Å². The van der Waals surface area contributed by atoms with E-state index in [1.807, 2.05) is 19.9 Å². The van der Waals surface area contributed by atoms with Gasteiger partial charge in [-0.05, 0) is 70.6 Å². The molecule has 5 fully saturated rings. The third kappa shape index (κ3) is 5.40. The molecule has 0 amide bonds. The molecule has 0 radical (unpaired) electrons. The molecule has 6 N–H and O–H groups in total. The standard InChI is InChI=1S/C35H58O12/c1-17(36)22-10-13-35(41)33(22,5)31(39)28(38)30-32(4)11-9-21(14-20(32)8-12-34(30,35)40)46-25-16-24(43-7)29(19(3)45-25)47-26-15-23(42-6)27(37)18(2)44-26/h8,17-19,21-31,36-41H,9-16H2,1-7H3. The monoisotopic (exact) mass is 670 g/mol. The highest BCUT2D eigenvalue weighted by molar-refractivity contribution is 5.36. The molecular formula is C35H58O12. The maximum absolute atomic E-state index is 12.4. The van der Waals surface area contributed by atoms with Gasteiger partial charge in [-0.3, -0.25) is 0 Å². The molecule has 2 saturated heterocycles. The van der Waals surface area contributed by atoms with E-state index in [1.54, 1.807) is 35.0 Å². The molecule has 6 rings (SSSR count). The Bertz CT molecular complexity index is 1170. The second-order valence-electron chi connectivity index (χ2n) is 15.9. The first kappa shape index (κ1) is 36.1. The summed E-state index contributed by atoms with van der Waals surface area (Å²) in [5.41, 5.74) is -4.24. The minimum absolute atomic E-state index is 0.141. The molecular weight excluding hydrogens is 612 g/mol. The van der Waals surface area contributed by atoms with E-state index in [0.29, 0.717) is 38.5 Å². The third-order valence-electron chi connectivity index (χ3n) is 13.6. The Kier molecular flexibility index (Phi) is 9.81. The van der Waals surface area contributed by atoms with Gasteiger partial charge in [-0.1, -0.05) is 25.5 Å². The van der Waals surface area contributed by atoms with Gasteiger partial charge in [0.05, 0.1) is 48.8 Å². The number of hydrogen-bond acceptors (Lipinski definition) is 12. The maximum atomic E-state index is 12.4. The normalized spacial score (nSPS) is 55.4. The zero-order valence-corrected chi connectivity index (χ0v) is 28.9. The van der Waals surface area contributed by atoms with Crippen LogP contribution in [0, 0.1) is 22.7 Å². The molecule has 0 aromatic heterocycles. The summed E-state index contributed by atoms with van der Waals surface area (Å²) in [5, 5.41) is 69.0. The highest BCUT2D eigenvalue weighted by atomic mass is 16.7. The van der Waals surface area contributed by atoms with Crippen LogP contribution < -0.4 is 0 Å². The van der Waals surface area contributed by atoms with Crippen LogP contribution in [0.2, 0.25) is 0 Å². The zero-order chi connectivity index (χ0) is 34.3. The molecule has 12 nitrogen and oxygen atoms in total. The lowest BCUT2D eigenvalue weighted by molar-refractivity contribution is -0.333. The Hall–Kier alpha value is -0.740. The first-order valence-electron chi connectivity index (χ1n) is 17.6. The quantitative estimate of drug-likeness (QED) is 0.216. The van der Waals surface area contributed by atoms with E-state index in [9.17, 15) is 30.6 Å². The van der Waals surface area contributed by atoms with Gasteiger partial charge in [-0.2, -0.15) is 0 Å². The number of ether oxygens (including phenoxy) is 6. The van der Waals surface area contributed by atoms with Crippen molar-refractivity contribution in [2.45, 2.75) is 171 Å². The number of hydrogen-bond donors (Lipinski definition) is 6. The molecule has 6 aliphatic rings. The fraction of sp³-hybridized carbons (Fsp3) is 0.943. The summed E-state index contributed by atoms with van der Waals surface area (Å²) in [6.45, 7) is 9.09. The first-order valence-corrected chi connectivity index (χ1v) is 17.6. The number of fused-ring (bicyclic) bond motifs is 5. The van der Waals surface area contributed by atoms with E-state index >= 15 is 0 Å². The summed E-state index contributed by atoms with van der Waals surface area (Å²) in [6, 6.07) is 0. The highest BCUT2D eigenvalue weighted by Gasteiger charge is 2.78. The van der Waals surface area contributed by atoms with Crippen LogP contribution in [-0.4, -0.2) is 130 Å². The van der Waals surface area contributed by atoms with Crippen LogP contribution in [0.15, 0.2) is 11.6 Å². The van der Waals surface area contributed by atoms with Crippen LogP contribution in [-0.2, 0) is 28.4 Å². The topological polar surface area (TPSA) is 177 Å². The van der Waals surface area contributed by atoms with Crippen LogP contribution >= 0.6 is 0 Å². The third-order valence-corrected chi connectivity index (χ3v) is 13.6. The molecule has 0 spiro atoms. The van der Waals surface area contributed by atoms with Crippen molar-refractivity contribution in [2.75, 3.05) is 14.2 Å². The average molecular weight is 671 g/mol. The van der Waals surface area contributed by atoms with Crippen molar-refractivity contribution < 1.29 is 59.1 Å². The highest BCUT2D eigenvalue weighted by Crippen LogP contribution is 2.69. The Labute approximate surface area is 278 Å². The summed E-state index contributed by atoms with van der Waals surface area (Å²) in [6.07, 6.45) is -1.92. The van der Waals surface area contributed by atoms with E-state index in [-0.39, 0.29) is 31.2 Å². The minimum atomic E-state index is -1.67. The fourth-order valence-corrected chi connectivity index (χ4v) is 10.9. The molecule has 2 aliphatic heterocycles. The van der Waals surface area contributed by atoms with Crippen LogP contribution in [0.5, 0.6) is 0 Å². The summed E-state index contributed by atoms with van der Waals surface area (Å²) >= 11 is 0. The molecule has 0 bridgehead atoms. The summed E-state index contributed by atoms with van der Waals surface area (Å²) in [4.78, 5) is 0. The van der Waals surface area contributed by atoms with Gasteiger partial charge in [-0.25, -0.2) is 0 Å². The number of rotatable bonds is 7. The molecule has 4 aliphatic carbocycles. The first-order chi connectivity index (χ1) is 22.0. The zero-order valence-electron chi connectivity index (χ0n) is 28.9.